The molecular weight excluding hydrogens is 417 g/mol. The van der Waals surface area contributed by atoms with Crippen molar-refractivity contribution in [2.24, 2.45) is 0 Å². The Morgan fingerprint density at radius 2 is 1.87 bits per heavy atom. The van der Waals surface area contributed by atoms with Gasteiger partial charge in [-0.25, -0.2) is 4.79 Å². The standard InChI is InChI=1S/C19H22N2O3.C2HF3O2/c1-23-14-12-19(24-13-14)7-10-21(11-8-19)18(22)16-6-9-20-17-5-3-2-4-15(16)17;3-2(4,5)1(6)7/h2-6,9,14H,7-8,10-13H2,1H3;(H,6,7). The lowest BCUT2D eigenvalue weighted by atomic mass is 9.87. The molecule has 1 aromatic heterocycles. The van der Waals surface area contributed by atoms with Crippen molar-refractivity contribution < 1.29 is 37.3 Å². The number of methoxy groups -OCH3 is 1. The lowest BCUT2D eigenvalue weighted by Crippen LogP contribution is -2.46. The average molecular weight is 440 g/mol. The van der Waals surface area contributed by atoms with Crippen LogP contribution >= 0.6 is 0 Å². The van der Waals surface area contributed by atoms with Crippen molar-refractivity contribution in [1.29, 1.82) is 0 Å². The Bertz CT molecular complexity index is 937. The van der Waals surface area contributed by atoms with E-state index in [0.717, 1.165) is 48.8 Å². The number of fused-ring (bicyclic) bond motifs is 1. The van der Waals surface area contributed by atoms with Gasteiger partial charge in [0.15, 0.2) is 0 Å². The number of amides is 1. The van der Waals surface area contributed by atoms with Crippen LogP contribution in [0.25, 0.3) is 10.9 Å². The fraction of sp³-hybridized carbons (Fsp3) is 0.476. The van der Waals surface area contributed by atoms with Crippen LogP contribution in [0.2, 0.25) is 0 Å². The van der Waals surface area contributed by atoms with Gasteiger partial charge in [-0.3, -0.25) is 9.78 Å². The minimum Gasteiger partial charge on any atom is -0.475 e. The Morgan fingerprint density at radius 3 is 2.45 bits per heavy atom. The van der Waals surface area contributed by atoms with Crippen LogP contribution in [0.4, 0.5) is 13.2 Å². The summed E-state index contributed by atoms with van der Waals surface area (Å²) in [6, 6.07) is 9.61. The minimum atomic E-state index is -5.08. The first-order chi connectivity index (χ1) is 14.6. The number of nitrogens with zero attached hydrogens (tertiary/aromatic N) is 2. The summed E-state index contributed by atoms with van der Waals surface area (Å²) in [5.74, 6) is -2.67. The third-order valence-corrected chi connectivity index (χ3v) is 5.59. The van der Waals surface area contributed by atoms with Gasteiger partial charge in [-0.15, -0.1) is 0 Å². The largest absolute Gasteiger partial charge is 0.490 e. The molecule has 1 aromatic carbocycles. The van der Waals surface area contributed by atoms with Crippen LogP contribution in [0.5, 0.6) is 0 Å². The van der Waals surface area contributed by atoms with E-state index in [2.05, 4.69) is 4.98 Å². The number of carbonyl (C=O) groups excluding carboxylic acids is 1. The van der Waals surface area contributed by atoms with Crippen molar-refractivity contribution in [2.75, 3.05) is 26.8 Å². The van der Waals surface area contributed by atoms with Gasteiger partial charge in [0.2, 0.25) is 0 Å². The van der Waals surface area contributed by atoms with Crippen molar-refractivity contribution in [1.82, 2.24) is 9.88 Å². The first-order valence-corrected chi connectivity index (χ1v) is 9.75. The van der Waals surface area contributed by atoms with Gasteiger partial charge >= 0.3 is 12.1 Å². The number of carboxylic acid groups (broad SMARTS) is 1. The molecule has 4 rings (SSSR count). The second-order valence-corrected chi connectivity index (χ2v) is 7.53. The summed E-state index contributed by atoms with van der Waals surface area (Å²) < 4.78 is 43.2. The van der Waals surface area contributed by atoms with E-state index >= 15 is 0 Å². The molecule has 10 heteroatoms. The van der Waals surface area contributed by atoms with Gasteiger partial charge in [0, 0.05) is 38.2 Å². The molecule has 0 radical (unpaired) electrons. The number of pyridine rings is 1. The van der Waals surface area contributed by atoms with Crippen LogP contribution in [0.1, 0.15) is 29.6 Å². The zero-order chi connectivity index (χ0) is 22.6. The average Bonchev–Trinajstić information content (AvgIpc) is 3.16. The Morgan fingerprint density at radius 1 is 1.23 bits per heavy atom. The first kappa shape index (κ1) is 23.0. The third-order valence-electron chi connectivity index (χ3n) is 5.59. The third kappa shape index (κ3) is 5.31. The SMILES string of the molecule is COC1COC2(CCN(C(=O)c3ccnc4ccccc34)CC2)C1.O=C(O)C(F)(F)F. The molecule has 1 spiro atoms. The zero-order valence-electron chi connectivity index (χ0n) is 16.9. The number of benzene rings is 1. The van der Waals surface area contributed by atoms with Crippen LogP contribution in [0.3, 0.4) is 0 Å². The van der Waals surface area contributed by atoms with Gasteiger partial charge in [0.05, 0.1) is 29.4 Å². The number of carboxylic acids is 1. The number of aliphatic carboxylic acids is 1. The highest BCUT2D eigenvalue weighted by molar-refractivity contribution is 6.06. The van der Waals surface area contributed by atoms with Crippen LogP contribution < -0.4 is 0 Å². The fourth-order valence-electron chi connectivity index (χ4n) is 3.87. The fourth-order valence-corrected chi connectivity index (χ4v) is 3.87. The molecule has 1 unspecified atom stereocenters. The maximum Gasteiger partial charge on any atom is 0.490 e. The van der Waals surface area contributed by atoms with E-state index in [0.29, 0.717) is 6.61 Å². The molecule has 0 bridgehead atoms. The summed E-state index contributed by atoms with van der Waals surface area (Å²) in [7, 11) is 1.74. The molecule has 0 aliphatic carbocycles. The number of para-hydroxylation sites is 1. The summed E-state index contributed by atoms with van der Waals surface area (Å²) in [6.45, 7) is 2.12. The minimum absolute atomic E-state index is 0.0877. The number of hydrogen-bond acceptors (Lipinski definition) is 5. The van der Waals surface area contributed by atoms with Gasteiger partial charge in [-0.2, -0.15) is 13.2 Å². The summed E-state index contributed by atoms with van der Waals surface area (Å²) in [5, 5.41) is 8.04. The highest BCUT2D eigenvalue weighted by Crippen LogP contribution is 2.37. The molecule has 1 amide bonds. The molecule has 1 N–H and O–H groups in total. The molecule has 2 saturated heterocycles. The smallest absolute Gasteiger partial charge is 0.475 e. The summed E-state index contributed by atoms with van der Waals surface area (Å²) in [6.07, 6.45) is -0.492. The zero-order valence-corrected chi connectivity index (χ0v) is 16.9. The lowest BCUT2D eigenvalue weighted by Gasteiger charge is -2.38. The normalized spacial score (nSPS) is 20.4. The highest BCUT2D eigenvalue weighted by Gasteiger charge is 2.43. The van der Waals surface area contributed by atoms with Crippen molar-refractivity contribution in [2.45, 2.75) is 37.1 Å². The summed E-state index contributed by atoms with van der Waals surface area (Å²) in [4.78, 5) is 28.1. The number of aromatic nitrogens is 1. The van der Waals surface area contributed by atoms with Crippen LogP contribution in [0, 0.1) is 0 Å². The quantitative estimate of drug-likeness (QED) is 0.771. The Hall–Kier alpha value is -2.72. The van der Waals surface area contributed by atoms with E-state index in [1.165, 1.54) is 0 Å². The number of likely N-dealkylation sites (tertiary alicyclic amines) is 1. The maximum absolute atomic E-state index is 13.0. The maximum atomic E-state index is 13.0. The Labute approximate surface area is 176 Å². The predicted octanol–water partition coefficient (Wildman–Crippen LogP) is 3.28. The second-order valence-electron chi connectivity index (χ2n) is 7.53. The molecule has 2 aliphatic rings. The monoisotopic (exact) mass is 440 g/mol. The second kappa shape index (κ2) is 9.19. The van der Waals surface area contributed by atoms with Crippen molar-refractivity contribution >= 4 is 22.8 Å². The van der Waals surface area contributed by atoms with Gasteiger partial charge < -0.3 is 19.5 Å². The molecule has 0 saturated carbocycles. The predicted molar refractivity (Wildman–Crippen MR) is 105 cm³/mol. The number of halogens is 3. The van der Waals surface area contributed by atoms with E-state index < -0.39 is 12.1 Å². The van der Waals surface area contributed by atoms with Crippen molar-refractivity contribution in [3.05, 3.63) is 42.1 Å². The van der Waals surface area contributed by atoms with E-state index in [4.69, 9.17) is 19.4 Å². The Kier molecular flexibility index (Phi) is 6.80. The number of piperidine rings is 1. The molecular formula is C21H23F3N2O5. The molecule has 31 heavy (non-hydrogen) atoms. The topological polar surface area (TPSA) is 89.0 Å². The number of rotatable bonds is 2. The highest BCUT2D eigenvalue weighted by atomic mass is 19.4. The molecule has 3 heterocycles. The molecule has 2 fully saturated rings. The molecule has 2 aliphatic heterocycles. The number of carbonyl (C=O) groups is 2. The lowest BCUT2D eigenvalue weighted by molar-refractivity contribution is -0.192. The molecule has 168 valence electrons. The molecule has 7 nitrogen and oxygen atoms in total. The van der Waals surface area contributed by atoms with E-state index in [-0.39, 0.29) is 17.6 Å². The molecule has 1 atom stereocenters. The van der Waals surface area contributed by atoms with Crippen LogP contribution in [-0.4, -0.2) is 71.6 Å². The summed E-state index contributed by atoms with van der Waals surface area (Å²) >= 11 is 0. The van der Waals surface area contributed by atoms with Crippen LogP contribution in [-0.2, 0) is 14.3 Å². The van der Waals surface area contributed by atoms with Gasteiger partial charge in [-0.1, -0.05) is 18.2 Å². The van der Waals surface area contributed by atoms with Crippen molar-refractivity contribution in [3.63, 3.8) is 0 Å². The van der Waals surface area contributed by atoms with Gasteiger partial charge in [-0.05, 0) is 25.0 Å². The number of hydrogen-bond donors (Lipinski definition) is 1. The first-order valence-electron chi connectivity index (χ1n) is 9.75. The van der Waals surface area contributed by atoms with Gasteiger partial charge in [0.25, 0.3) is 5.91 Å². The van der Waals surface area contributed by atoms with E-state index in [1.54, 1.807) is 13.3 Å². The van der Waals surface area contributed by atoms with E-state index in [1.807, 2.05) is 35.2 Å². The Balaban J connectivity index is 0.000000339. The number of alkyl halides is 3. The van der Waals surface area contributed by atoms with Crippen LogP contribution in [0.15, 0.2) is 36.5 Å². The van der Waals surface area contributed by atoms with Gasteiger partial charge in [0.1, 0.15) is 0 Å². The van der Waals surface area contributed by atoms with E-state index in [9.17, 15) is 18.0 Å². The van der Waals surface area contributed by atoms with Crippen molar-refractivity contribution in [3.8, 4) is 0 Å². The summed E-state index contributed by atoms with van der Waals surface area (Å²) in [5.41, 5.74) is 1.50. The number of ether oxygens (including phenoxy) is 2. The molecule has 2 aromatic rings.